The monoisotopic (exact) mass is 351 g/mol. The fourth-order valence-electron chi connectivity index (χ4n) is 1.52. The van der Waals surface area contributed by atoms with Crippen LogP contribution in [0, 0.1) is 0 Å². The van der Waals surface area contributed by atoms with Crippen molar-refractivity contribution < 1.29 is 8.42 Å². The van der Waals surface area contributed by atoms with Crippen LogP contribution in [0.1, 0.15) is 13.3 Å². The van der Waals surface area contributed by atoms with E-state index in [1.54, 1.807) is 43.1 Å². The standard InChI is InChI=1S/C12H18BrNO2S2/c1-10(8-9-17-3)14(2)18(15,16)12-7-5-4-6-11(12)13/h4-7,10H,8-9H2,1-3H3. The second kappa shape index (κ2) is 6.93. The summed E-state index contributed by atoms with van der Waals surface area (Å²) in [6.07, 6.45) is 2.87. The first-order chi connectivity index (χ1) is 8.41. The molecule has 1 aromatic carbocycles. The fourth-order valence-corrected chi connectivity index (χ4v) is 4.45. The van der Waals surface area contributed by atoms with E-state index in [1.165, 1.54) is 4.31 Å². The molecule has 6 heteroatoms. The van der Waals surface area contributed by atoms with Gasteiger partial charge in [-0.25, -0.2) is 8.42 Å². The third kappa shape index (κ3) is 3.73. The smallest absolute Gasteiger partial charge is 0.207 e. The van der Waals surface area contributed by atoms with E-state index in [9.17, 15) is 8.42 Å². The molecule has 1 aromatic rings. The number of hydrogen-bond donors (Lipinski definition) is 0. The van der Waals surface area contributed by atoms with Crippen molar-refractivity contribution in [1.29, 1.82) is 0 Å². The van der Waals surface area contributed by atoms with Gasteiger partial charge in [-0.2, -0.15) is 16.1 Å². The van der Waals surface area contributed by atoms with Crippen molar-refractivity contribution in [2.75, 3.05) is 19.1 Å². The van der Waals surface area contributed by atoms with Crippen LogP contribution in [0.5, 0.6) is 0 Å². The van der Waals surface area contributed by atoms with Gasteiger partial charge in [0.1, 0.15) is 0 Å². The highest BCUT2D eigenvalue weighted by atomic mass is 79.9. The van der Waals surface area contributed by atoms with Gasteiger partial charge in [-0.15, -0.1) is 0 Å². The van der Waals surface area contributed by atoms with Crippen LogP contribution in [-0.2, 0) is 10.0 Å². The van der Waals surface area contributed by atoms with E-state index in [2.05, 4.69) is 15.9 Å². The first kappa shape index (κ1) is 16.0. The van der Waals surface area contributed by atoms with Gasteiger partial charge in [-0.05, 0) is 53.4 Å². The van der Waals surface area contributed by atoms with Crippen molar-refractivity contribution in [3.8, 4) is 0 Å². The summed E-state index contributed by atoms with van der Waals surface area (Å²) < 4.78 is 26.9. The molecule has 102 valence electrons. The van der Waals surface area contributed by atoms with E-state index < -0.39 is 10.0 Å². The molecule has 0 N–H and O–H groups in total. The van der Waals surface area contributed by atoms with Crippen LogP contribution in [0.2, 0.25) is 0 Å². The Morgan fingerprint density at radius 1 is 1.39 bits per heavy atom. The third-order valence-corrected chi connectivity index (χ3v) is 6.48. The molecule has 1 atom stereocenters. The molecule has 0 aliphatic carbocycles. The maximum Gasteiger partial charge on any atom is 0.244 e. The molecule has 1 unspecified atom stereocenters. The summed E-state index contributed by atoms with van der Waals surface area (Å²) >= 11 is 5.02. The van der Waals surface area contributed by atoms with Gasteiger partial charge >= 0.3 is 0 Å². The maximum absolute atomic E-state index is 12.4. The molecule has 0 aliphatic rings. The molecule has 0 bridgehead atoms. The molecule has 3 nitrogen and oxygen atoms in total. The Bertz CT molecular complexity index is 491. The third-order valence-electron chi connectivity index (χ3n) is 2.85. The number of sulfonamides is 1. The molecular weight excluding hydrogens is 334 g/mol. The van der Waals surface area contributed by atoms with Crippen LogP contribution in [0.3, 0.4) is 0 Å². The van der Waals surface area contributed by atoms with Gasteiger partial charge in [-0.3, -0.25) is 0 Å². The van der Waals surface area contributed by atoms with E-state index in [1.807, 2.05) is 13.2 Å². The maximum atomic E-state index is 12.4. The zero-order chi connectivity index (χ0) is 13.8. The summed E-state index contributed by atoms with van der Waals surface area (Å²) in [6, 6.07) is 6.90. The largest absolute Gasteiger partial charge is 0.244 e. The molecule has 0 aromatic heterocycles. The zero-order valence-corrected chi connectivity index (χ0v) is 14.0. The van der Waals surface area contributed by atoms with E-state index in [0.29, 0.717) is 9.37 Å². The Kier molecular flexibility index (Phi) is 6.17. The summed E-state index contributed by atoms with van der Waals surface area (Å²) in [5, 5.41) is 0. The minimum absolute atomic E-state index is 0.00504. The van der Waals surface area contributed by atoms with Gasteiger partial charge in [0.15, 0.2) is 0 Å². The summed E-state index contributed by atoms with van der Waals surface area (Å²) in [7, 11) is -1.78. The lowest BCUT2D eigenvalue weighted by Crippen LogP contribution is -2.35. The van der Waals surface area contributed by atoms with Gasteiger partial charge in [0.2, 0.25) is 10.0 Å². The molecular formula is C12H18BrNO2S2. The minimum atomic E-state index is -3.42. The second-order valence-corrected chi connectivity index (χ2v) is 7.89. The topological polar surface area (TPSA) is 37.4 Å². The molecule has 18 heavy (non-hydrogen) atoms. The summed E-state index contributed by atoms with van der Waals surface area (Å²) in [6.45, 7) is 1.94. The highest BCUT2D eigenvalue weighted by Gasteiger charge is 2.26. The molecule has 0 amide bonds. The summed E-state index contributed by atoms with van der Waals surface area (Å²) in [5.74, 6) is 0.955. The Balaban J connectivity index is 2.97. The Morgan fingerprint density at radius 3 is 2.56 bits per heavy atom. The normalized spacial score (nSPS) is 13.8. The Hall–Kier alpha value is -0.0400. The first-order valence-electron chi connectivity index (χ1n) is 5.62. The molecule has 0 heterocycles. The van der Waals surface area contributed by atoms with Crippen molar-refractivity contribution >= 4 is 37.7 Å². The predicted molar refractivity (Wildman–Crippen MR) is 81.6 cm³/mol. The minimum Gasteiger partial charge on any atom is -0.207 e. The highest BCUT2D eigenvalue weighted by molar-refractivity contribution is 9.10. The average molecular weight is 352 g/mol. The number of thioether (sulfide) groups is 1. The van der Waals surface area contributed by atoms with Gasteiger partial charge in [-0.1, -0.05) is 12.1 Å². The molecule has 0 fully saturated rings. The van der Waals surface area contributed by atoms with Crippen molar-refractivity contribution in [1.82, 2.24) is 4.31 Å². The number of hydrogen-bond acceptors (Lipinski definition) is 3. The predicted octanol–water partition coefficient (Wildman–Crippen LogP) is 3.21. The van der Waals surface area contributed by atoms with E-state index in [0.717, 1.165) is 12.2 Å². The lowest BCUT2D eigenvalue weighted by atomic mass is 10.3. The van der Waals surface area contributed by atoms with Crippen LogP contribution in [0.15, 0.2) is 33.6 Å². The Labute approximate surface area is 122 Å². The first-order valence-corrected chi connectivity index (χ1v) is 9.25. The van der Waals surface area contributed by atoms with Gasteiger partial charge in [0.05, 0.1) is 4.90 Å². The molecule has 0 aliphatic heterocycles. The van der Waals surface area contributed by atoms with Crippen molar-refractivity contribution in [3.63, 3.8) is 0 Å². The number of halogens is 1. The highest BCUT2D eigenvalue weighted by Crippen LogP contribution is 2.25. The van der Waals surface area contributed by atoms with Crippen molar-refractivity contribution in [2.45, 2.75) is 24.3 Å². The quantitative estimate of drug-likeness (QED) is 0.789. The van der Waals surface area contributed by atoms with E-state index in [4.69, 9.17) is 0 Å². The van der Waals surface area contributed by atoms with Crippen LogP contribution < -0.4 is 0 Å². The number of benzene rings is 1. The number of nitrogens with zero attached hydrogens (tertiary/aromatic N) is 1. The van der Waals surface area contributed by atoms with Crippen LogP contribution in [0.4, 0.5) is 0 Å². The van der Waals surface area contributed by atoms with Crippen molar-refractivity contribution in [3.05, 3.63) is 28.7 Å². The average Bonchev–Trinajstić information content (AvgIpc) is 2.35. The SMILES string of the molecule is CSCCC(C)N(C)S(=O)(=O)c1ccccc1Br. The molecule has 0 saturated carbocycles. The molecule has 0 spiro atoms. The summed E-state index contributed by atoms with van der Waals surface area (Å²) in [4.78, 5) is 0.323. The van der Waals surface area contributed by atoms with Gasteiger partial charge in [0.25, 0.3) is 0 Å². The summed E-state index contributed by atoms with van der Waals surface area (Å²) in [5.41, 5.74) is 0. The molecule has 0 radical (unpaired) electrons. The fraction of sp³-hybridized carbons (Fsp3) is 0.500. The molecule has 1 rings (SSSR count). The van der Waals surface area contributed by atoms with Crippen LogP contribution in [-0.4, -0.2) is 37.8 Å². The van der Waals surface area contributed by atoms with Crippen molar-refractivity contribution in [2.24, 2.45) is 0 Å². The van der Waals surface area contributed by atoms with Crippen LogP contribution >= 0.6 is 27.7 Å². The lowest BCUT2D eigenvalue weighted by Gasteiger charge is -2.24. The van der Waals surface area contributed by atoms with Gasteiger partial charge < -0.3 is 0 Å². The number of rotatable bonds is 6. The zero-order valence-electron chi connectivity index (χ0n) is 10.8. The Morgan fingerprint density at radius 2 is 2.00 bits per heavy atom. The van der Waals surface area contributed by atoms with Crippen LogP contribution in [0.25, 0.3) is 0 Å². The molecule has 0 saturated heterocycles. The lowest BCUT2D eigenvalue weighted by molar-refractivity contribution is 0.382. The van der Waals surface area contributed by atoms with Gasteiger partial charge in [0, 0.05) is 17.6 Å². The second-order valence-electron chi connectivity index (χ2n) is 4.08. The van der Waals surface area contributed by atoms with E-state index in [-0.39, 0.29) is 6.04 Å². The van der Waals surface area contributed by atoms with E-state index >= 15 is 0 Å².